The highest BCUT2D eigenvalue weighted by molar-refractivity contribution is 7.99. The van der Waals surface area contributed by atoms with E-state index in [1.165, 1.54) is 12.1 Å². The molecule has 1 fully saturated rings. The Bertz CT molecular complexity index is 319. The van der Waals surface area contributed by atoms with Crippen LogP contribution in [0, 0.1) is 5.82 Å². The van der Waals surface area contributed by atoms with Gasteiger partial charge in [0.05, 0.1) is 6.61 Å². The standard InChI is InChI=1S/C11H13FOS/c1-8(14-2)11(7-13-11)9-3-5-10(12)6-4-9/h3-6,8H,7H2,1-2H3/t8-,11+/m1/s1. The second kappa shape index (κ2) is 3.55. The van der Waals surface area contributed by atoms with Crippen LogP contribution in [0.25, 0.3) is 0 Å². The predicted octanol–water partition coefficient (Wildman–Crippen LogP) is 2.80. The summed E-state index contributed by atoms with van der Waals surface area (Å²) in [7, 11) is 0. The molecule has 0 aromatic heterocycles. The minimum atomic E-state index is -0.193. The third kappa shape index (κ3) is 1.55. The van der Waals surface area contributed by atoms with Crippen LogP contribution >= 0.6 is 11.8 Å². The topological polar surface area (TPSA) is 12.5 Å². The van der Waals surface area contributed by atoms with E-state index in [1.807, 2.05) is 12.1 Å². The summed E-state index contributed by atoms with van der Waals surface area (Å²) in [5, 5.41) is 0.410. The molecule has 2 atom stereocenters. The van der Waals surface area contributed by atoms with E-state index in [4.69, 9.17) is 4.74 Å². The Morgan fingerprint density at radius 3 is 2.43 bits per heavy atom. The third-order valence-corrected chi connectivity index (χ3v) is 3.89. The number of benzene rings is 1. The molecule has 76 valence electrons. The zero-order valence-corrected chi connectivity index (χ0v) is 9.10. The molecule has 1 aliphatic rings. The summed E-state index contributed by atoms with van der Waals surface area (Å²) < 4.78 is 18.3. The van der Waals surface area contributed by atoms with Gasteiger partial charge in [0, 0.05) is 5.25 Å². The smallest absolute Gasteiger partial charge is 0.128 e. The molecule has 0 bridgehead atoms. The third-order valence-electron chi connectivity index (χ3n) is 2.80. The van der Waals surface area contributed by atoms with Crippen LogP contribution in [0.5, 0.6) is 0 Å². The number of epoxide rings is 1. The molecule has 0 amide bonds. The van der Waals surface area contributed by atoms with Crippen LogP contribution in [0.3, 0.4) is 0 Å². The Balaban J connectivity index is 2.26. The minimum Gasteiger partial charge on any atom is -0.363 e. The van der Waals surface area contributed by atoms with Gasteiger partial charge in [0.15, 0.2) is 0 Å². The van der Waals surface area contributed by atoms with E-state index in [-0.39, 0.29) is 11.4 Å². The van der Waals surface area contributed by atoms with Gasteiger partial charge in [-0.2, -0.15) is 11.8 Å². The summed E-state index contributed by atoms with van der Waals surface area (Å²) in [6.45, 7) is 2.89. The Morgan fingerprint density at radius 1 is 1.43 bits per heavy atom. The van der Waals surface area contributed by atoms with Crippen LogP contribution in [0.2, 0.25) is 0 Å². The van der Waals surface area contributed by atoms with Crippen molar-refractivity contribution in [3.8, 4) is 0 Å². The van der Waals surface area contributed by atoms with Crippen molar-refractivity contribution in [3.63, 3.8) is 0 Å². The Hall–Kier alpha value is -0.540. The number of rotatable bonds is 3. The van der Waals surface area contributed by atoms with Crippen molar-refractivity contribution in [1.82, 2.24) is 0 Å². The van der Waals surface area contributed by atoms with Gasteiger partial charge >= 0.3 is 0 Å². The summed E-state index contributed by atoms with van der Waals surface area (Å²) in [6.07, 6.45) is 2.07. The molecule has 1 nitrogen and oxygen atoms in total. The zero-order valence-electron chi connectivity index (χ0n) is 8.29. The number of hydrogen-bond acceptors (Lipinski definition) is 2. The summed E-state index contributed by atoms with van der Waals surface area (Å²) in [5.74, 6) is -0.193. The summed E-state index contributed by atoms with van der Waals surface area (Å²) in [6, 6.07) is 6.61. The van der Waals surface area contributed by atoms with Gasteiger partial charge in [0.25, 0.3) is 0 Å². The molecule has 1 aliphatic heterocycles. The van der Waals surface area contributed by atoms with E-state index in [0.717, 1.165) is 12.2 Å². The van der Waals surface area contributed by atoms with Crippen LogP contribution < -0.4 is 0 Å². The lowest BCUT2D eigenvalue weighted by Gasteiger charge is -2.18. The van der Waals surface area contributed by atoms with Crippen molar-refractivity contribution >= 4 is 11.8 Å². The minimum absolute atomic E-state index is 0.160. The zero-order chi connectivity index (χ0) is 10.2. The lowest BCUT2D eigenvalue weighted by molar-refractivity contribution is 0.307. The molecule has 14 heavy (non-hydrogen) atoms. The van der Waals surface area contributed by atoms with Gasteiger partial charge in [-0.3, -0.25) is 0 Å². The van der Waals surface area contributed by atoms with Crippen LogP contribution in [-0.4, -0.2) is 18.1 Å². The number of ether oxygens (including phenoxy) is 1. The average Bonchev–Trinajstić information content (AvgIpc) is 2.99. The predicted molar refractivity (Wildman–Crippen MR) is 57.0 cm³/mol. The molecule has 1 saturated heterocycles. The van der Waals surface area contributed by atoms with E-state index in [1.54, 1.807) is 11.8 Å². The lowest BCUT2D eigenvalue weighted by atomic mass is 9.97. The van der Waals surface area contributed by atoms with Crippen LogP contribution in [0.1, 0.15) is 12.5 Å². The van der Waals surface area contributed by atoms with Gasteiger partial charge in [-0.15, -0.1) is 0 Å². The molecular weight excluding hydrogens is 199 g/mol. The largest absolute Gasteiger partial charge is 0.363 e. The van der Waals surface area contributed by atoms with Crippen molar-refractivity contribution < 1.29 is 9.13 Å². The van der Waals surface area contributed by atoms with E-state index in [9.17, 15) is 4.39 Å². The number of thioether (sulfide) groups is 1. The molecule has 2 rings (SSSR count). The fourth-order valence-corrected chi connectivity index (χ4v) is 2.29. The molecular formula is C11H13FOS. The molecule has 0 spiro atoms. The first-order valence-electron chi connectivity index (χ1n) is 4.62. The van der Waals surface area contributed by atoms with E-state index < -0.39 is 0 Å². The van der Waals surface area contributed by atoms with Crippen LogP contribution in [0.15, 0.2) is 24.3 Å². The van der Waals surface area contributed by atoms with Crippen molar-refractivity contribution in [3.05, 3.63) is 35.6 Å². The first-order chi connectivity index (χ1) is 6.69. The van der Waals surface area contributed by atoms with E-state index in [0.29, 0.717) is 5.25 Å². The van der Waals surface area contributed by atoms with Crippen molar-refractivity contribution in [1.29, 1.82) is 0 Å². The molecule has 1 aromatic carbocycles. The van der Waals surface area contributed by atoms with Crippen LogP contribution in [0.4, 0.5) is 4.39 Å². The highest BCUT2D eigenvalue weighted by Gasteiger charge is 2.50. The molecule has 0 unspecified atom stereocenters. The first-order valence-corrected chi connectivity index (χ1v) is 5.90. The first kappa shape index (κ1) is 9.99. The molecule has 0 radical (unpaired) electrons. The van der Waals surface area contributed by atoms with Gasteiger partial charge < -0.3 is 4.74 Å². The van der Waals surface area contributed by atoms with E-state index >= 15 is 0 Å². The van der Waals surface area contributed by atoms with Crippen molar-refractivity contribution in [2.24, 2.45) is 0 Å². The Morgan fingerprint density at radius 2 is 2.00 bits per heavy atom. The fourth-order valence-electron chi connectivity index (χ4n) is 1.64. The maximum absolute atomic E-state index is 12.7. The number of halogens is 1. The SMILES string of the molecule is CS[C@H](C)[C@]1(c2ccc(F)cc2)CO1. The Kier molecular flexibility index (Phi) is 2.54. The maximum Gasteiger partial charge on any atom is 0.128 e. The van der Waals surface area contributed by atoms with Crippen LogP contribution in [-0.2, 0) is 10.3 Å². The second-order valence-corrected chi connectivity index (χ2v) is 4.74. The molecule has 0 aliphatic carbocycles. The summed E-state index contributed by atoms with van der Waals surface area (Å²) in [4.78, 5) is 0. The van der Waals surface area contributed by atoms with Crippen molar-refractivity contribution in [2.75, 3.05) is 12.9 Å². The average molecular weight is 212 g/mol. The van der Waals surface area contributed by atoms with E-state index in [2.05, 4.69) is 13.2 Å². The van der Waals surface area contributed by atoms with Gasteiger partial charge in [0.1, 0.15) is 11.4 Å². The van der Waals surface area contributed by atoms with Gasteiger partial charge in [-0.05, 0) is 24.0 Å². The fraction of sp³-hybridized carbons (Fsp3) is 0.455. The highest BCUT2D eigenvalue weighted by Crippen LogP contribution is 2.45. The molecule has 3 heteroatoms. The monoisotopic (exact) mass is 212 g/mol. The van der Waals surface area contributed by atoms with Gasteiger partial charge in [-0.1, -0.05) is 19.1 Å². The lowest BCUT2D eigenvalue weighted by Crippen LogP contribution is -2.21. The molecule has 0 saturated carbocycles. The van der Waals surface area contributed by atoms with Crippen molar-refractivity contribution in [2.45, 2.75) is 17.8 Å². The van der Waals surface area contributed by atoms with Gasteiger partial charge in [-0.25, -0.2) is 4.39 Å². The number of hydrogen-bond donors (Lipinski definition) is 0. The summed E-state index contributed by atoms with van der Waals surface area (Å²) in [5.41, 5.74) is 0.924. The quantitative estimate of drug-likeness (QED) is 0.714. The molecule has 1 aromatic rings. The highest BCUT2D eigenvalue weighted by atomic mass is 32.2. The molecule has 0 N–H and O–H groups in total. The maximum atomic E-state index is 12.7. The molecule has 1 heterocycles. The van der Waals surface area contributed by atoms with Gasteiger partial charge in [0.2, 0.25) is 0 Å². The Labute approximate surface area is 87.7 Å². The second-order valence-electron chi connectivity index (χ2n) is 3.56. The summed E-state index contributed by atoms with van der Waals surface area (Å²) >= 11 is 1.77. The normalized spacial score (nSPS) is 27.4.